The van der Waals surface area contributed by atoms with E-state index in [1.165, 1.54) is 14.7 Å². The molecule has 0 spiro atoms. The number of hydrogen-bond acceptors (Lipinski definition) is 3. The molecular formula is C23H25BF4O3S. The van der Waals surface area contributed by atoms with E-state index in [-0.39, 0.29) is 10.9 Å². The molecule has 3 aromatic rings. The summed E-state index contributed by atoms with van der Waals surface area (Å²) in [6.45, 7) is 2.24. The van der Waals surface area contributed by atoms with Crippen molar-refractivity contribution in [2.24, 2.45) is 0 Å². The fraction of sp³-hybridized carbons (Fsp3) is 0.217. The van der Waals surface area contributed by atoms with Crippen molar-refractivity contribution in [1.29, 1.82) is 0 Å². The second-order valence-corrected chi connectivity index (χ2v) is 8.32. The number of methoxy groups -OCH3 is 1. The van der Waals surface area contributed by atoms with Crippen LogP contribution in [0.25, 0.3) is 0 Å². The number of hydrogen-bond donors (Lipinski definition) is 0. The summed E-state index contributed by atoms with van der Waals surface area (Å²) in [4.78, 5) is 3.74. The average Bonchev–Trinajstić information content (AvgIpc) is 2.78. The molecule has 0 aliphatic carbocycles. The molecule has 0 saturated heterocycles. The summed E-state index contributed by atoms with van der Waals surface area (Å²) in [6.07, 6.45) is 0. The molecule has 0 N–H and O–H groups in total. The van der Waals surface area contributed by atoms with Gasteiger partial charge in [-0.25, -0.2) is 0 Å². The molecule has 0 aliphatic heterocycles. The molecule has 3 nitrogen and oxygen atoms in total. The van der Waals surface area contributed by atoms with E-state index in [2.05, 4.69) is 72.8 Å². The molecule has 3 aromatic carbocycles. The monoisotopic (exact) mass is 468 g/mol. The van der Waals surface area contributed by atoms with Crippen LogP contribution in [0.5, 0.6) is 5.75 Å². The van der Waals surface area contributed by atoms with Crippen LogP contribution in [0.2, 0.25) is 0 Å². The molecule has 0 radical (unpaired) electrons. The maximum absolute atomic E-state index is 9.75. The van der Waals surface area contributed by atoms with Crippen molar-refractivity contribution in [1.82, 2.24) is 0 Å². The highest BCUT2D eigenvalue weighted by atomic mass is 32.2. The van der Waals surface area contributed by atoms with Crippen LogP contribution in [0.3, 0.4) is 0 Å². The molecule has 32 heavy (non-hydrogen) atoms. The van der Waals surface area contributed by atoms with E-state index in [1.54, 1.807) is 7.11 Å². The molecule has 172 valence electrons. The quantitative estimate of drug-likeness (QED) is 0.155. The molecule has 0 fully saturated rings. The average molecular weight is 468 g/mol. The van der Waals surface area contributed by atoms with Gasteiger partial charge in [0.15, 0.2) is 15.5 Å². The van der Waals surface area contributed by atoms with Crippen LogP contribution < -0.4 is 4.74 Å². The van der Waals surface area contributed by atoms with Gasteiger partial charge in [0.05, 0.1) is 19.8 Å². The van der Waals surface area contributed by atoms with Gasteiger partial charge in [-0.3, -0.25) is 0 Å². The van der Waals surface area contributed by atoms with Crippen molar-refractivity contribution in [2.45, 2.75) is 14.7 Å². The topological polar surface area (TPSA) is 27.7 Å². The summed E-state index contributed by atoms with van der Waals surface area (Å²) in [5.41, 5.74) is 0. The summed E-state index contributed by atoms with van der Waals surface area (Å²) >= 11 is 0. The van der Waals surface area contributed by atoms with Crippen LogP contribution in [-0.4, -0.2) is 40.8 Å². The first kappa shape index (κ1) is 25.8. The number of ether oxygens (including phenoxy) is 3. The van der Waals surface area contributed by atoms with E-state index in [1.807, 2.05) is 12.1 Å². The van der Waals surface area contributed by atoms with E-state index in [0.717, 1.165) is 5.75 Å². The number of rotatable bonds is 10. The van der Waals surface area contributed by atoms with E-state index in [0.29, 0.717) is 26.4 Å². The van der Waals surface area contributed by atoms with Crippen LogP contribution in [0.15, 0.2) is 99.6 Å². The highest BCUT2D eigenvalue weighted by molar-refractivity contribution is 7.97. The maximum Gasteiger partial charge on any atom is 0.673 e. The minimum Gasteiger partial charge on any atom is -0.486 e. The summed E-state index contributed by atoms with van der Waals surface area (Å²) in [5, 5.41) is 0. The Morgan fingerprint density at radius 3 is 1.66 bits per heavy atom. The highest BCUT2D eigenvalue weighted by Gasteiger charge is 2.31. The SMILES string of the molecule is COCCOCCOc1ccccc1[S+](c1ccccc1)c1ccccc1.F[B-](F)(F)F. The van der Waals surface area contributed by atoms with E-state index >= 15 is 0 Å². The largest absolute Gasteiger partial charge is 0.673 e. The fourth-order valence-corrected chi connectivity index (χ4v) is 4.88. The van der Waals surface area contributed by atoms with Gasteiger partial charge in [-0.05, 0) is 36.4 Å². The minimum atomic E-state index is -6.00. The Bertz CT molecular complexity index is 853. The van der Waals surface area contributed by atoms with Gasteiger partial charge in [0.25, 0.3) is 0 Å². The zero-order valence-corrected chi connectivity index (χ0v) is 18.5. The Morgan fingerprint density at radius 2 is 1.12 bits per heavy atom. The van der Waals surface area contributed by atoms with Crippen LogP contribution in [0.4, 0.5) is 17.3 Å². The lowest BCUT2D eigenvalue weighted by atomic mass is 10.3. The van der Waals surface area contributed by atoms with Gasteiger partial charge in [-0.1, -0.05) is 48.5 Å². The van der Waals surface area contributed by atoms with Gasteiger partial charge < -0.3 is 31.5 Å². The third-order valence-corrected chi connectivity index (χ3v) is 6.21. The Morgan fingerprint density at radius 1 is 0.656 bits per heavy atom. The van der Waals surface area contributed by atoms with Crippen LogP contribution in [0.1, 0.15) is 0 Å². The fourth-order valence-electron chi connectivity index (χ4n) is 2.70. The van der Waals surface area contributed by atoms with E-state index in [4.69, 9.17) is 14.2 Å². The molecule has 3 rings (SSSR count). The summed E-state index contributed by atoms with van der Waals surface area (Å²) in [7, 11) is -4.55. The van der Waals surface area contributed by atoms with Crippen molar-refractivity contribution < 1.29 is 31.5 Å². The first-order valence-corrected chi connectivity index (χ1v) is 11.1. The molecule has 9 heteroatoms. The lowest BCUT2D eigenvalue weighted by Crippen LogP contribution is -2.12. The molecule has 0 aromatic heterocycles. The zero-order valence-electron chi connectivity index (χ0n) is 17.6. The first-order valence-electron chi connectivity index (χ1n) is 9.90. The van der Waals surface area contributed by atoms with Crippen molar-refractivity contribution in [3.8, 4) is 5.75 Å². The molecule has 0 amide bonds. The number of para-hydroxylation sites is 1. The second-order valence-electron chi connectivity index (χ2n) is 6.33. The molecule has 0 bridgehead atoms. The van der Waals surface area contributed by atoms with Crippen molar-refractivity contribution in [3.05, 3.63) is 84.9 Å². The Labute approximate surface area is 188 Å². The normalized spacial score (nSPS) is 11.1. The van der Waals surface area contributed by atoms with Crippen LogP contribution in [0, 0.1) is 0 Å². The predicted octanol–water partition coefficient (Wildman–Crippen LogP) is 6.12. The molecule has 0 aliphatic rings. The summed E-state index contributed by atoms with van der Waals surface area (Å²) in [5.74, 6) is 0.906. The third-order valence-electron chi connectivity index (χ3n) is 3.94. The van der Waals surface area contributed by atoms with Gasteiger partial charge in [-0.15, -0.1) is 0 Å². The molecule has 0 atom stereocenters. The highest BCUT2D eigenvalue weighted by Crippen LogP contribution is 2.36. The van der Waals surface area contributed by atoms with Gasteiger partial charge in [0, 0.05) is 7.11 Å². The molecule has 0 heterocycles. The minimum absolute atomic E-state index is 0.222. The van der Waals surface area contributed by atoms with Crippen LogP contribution in [-0.2, 0) is 20.4 Å². The van der Waals surface area contributed by atoms with E-state index < -0.39 is 7.25 Å². The Kier molecular flexibility index (Phi) is 11.1. The number of halogens is 4. The summed E-state index contributed by atoms with van der Waals surface area (Å²) < 4.78 is 55.6. The molecular weight excluding hydrogens is 443 g/mol. The zero-order chi connectivity index (χ0) is 23.2. The lowest BCUT2D eigenvalue weighted by Gasteiger charge is -2.13. The number of benzene rings is 3. The van der Waals surface area contributed by atoms with Crippen molar-refractivity contribution in [3.63, 3.8) is 0 Å². The van der Waals surface area contributed by atoms with Gasteiger partial charge in [-0.2, -0.15) is 0 Å². The van der Waals surface area contributed by atoms with Crippen LogP contribution >= 0.6 is 0 Å². The second kappa shape index (κ2) is 13.8. The van der Waals surface area contributed by atoms with Crippen molar-refractivity contribution in [2.75, 3.05) is 33.5 Å². The maximum atomic E-state index is 9.75. The smallest absolute Gasteiger partial charge is 0.486 e. The van der Waals surface area contributed by atoms with Crippen molar-refractivity contribution >= 4 is 18.1 Å². The standard InChI is InChI=1S/C23H25O3S.BF4/c1-24-16-17-25-18-19-26-22-14-8-9-15-23(22)27(20-10-4-2-5-11-20)21-12-6-3-7-13-21;2-1(3,4)5/h2-15H,16-19H2,1H3;/q+1;-1. The lowest BCUT2D eigenvalue weighted by molar-refractivity contribution is 0.0540. The molecule has 0 unspecified atom stereocenters. The summed E-state index contributed by atoms with van der Waals surface area (Å²) in [6, 6.07) is 29.5. The van der Waals surface area contributed by atoms with Gasteiger partial charge in [0.1, 0.15) is 17.5 Å². The third kappa shape index (κ3) is 9.76. The first-order chi connectivity index (χ1) is 15.4. The van der Waals surface area contributed by atoms with E-state index in [9.17, 15) is 17.3 Å². The molecule has 0 saturated carbocycles. The van der Waals surface area contributed by atoms with Gasteiger partial charge >= 0.3 is 7.25 Å². The Balaban J connectivity index is 0.000000654. The van der Waals surface area contributed by atoms with Gasteiger partial charge in [0.2, 0.25) is 4.90 Å². The Hall–Kier alpha value is -2.49. The predicted molar refractivity (Wildman–Crippen MR) is 120 cm³/mol.